The Kier molecular flexibility index (Phi) is 9.29. The minimum Gasteiger partial charge on any atom is -0.448 e. The Bertz CT molecular complexity index is 1280. The number of hydrogen-bond acceptors (Lipinski definition) is 5. The van der Waals surface area contributed by atoms with Crippen LogP contribution >= 0.6 is 11.6 Å². The third kappa shape index (κ3) is 6.45. The average molecular weight is 596 g/mol. The van der Waals surface area contributed by atoms with Crippen molar-refractivity contribution in [3.63, 3.8) is 0 Å². The first-order chi connectivity index (χ1) is 19.2. The summed E-state index contributed by atoms with van der Waals surface area (Å²) in [7, 11) is -4.09. The molecule has 0 aromatic heterocycles. The average Bonchev–Trinajstić information content (AvgIpc) is 2.98. The molecule has 11 heteroatoms. The summed E-state index contributed by atoms with van der Waals surface area (Å²) in [4.78, 5) is 17.3. The van der Waals surface area contributed by atoms with E-state index in [1.54, 1.807) is 4.90 Å². The van der Waals surface area contributed by atoms with Gasteiger partial charge in [-0.05, 0) is 100.0 Å². The van der Waals surface area contributed by atoms with Crippen LogP contribution in [0.3, 0.4) is 0 Å². The third-order valence-corrected chi connectivity index (χ3v) is 10.7. The van der Waals surface area contributed by atoms with Crippen LogP contribution in [0.25, 0.3) is 0 Å². The van der Waals surface area contributed by atoms with Gasteiger partial charge in [0, 0.05) is 24.2 Å². The first-order valence-electron chi connectivity index (χ1n) is 14.1. The fourth-order valence-electron chi connectivity index (χ4n) is 6.29. The van der Waals surface area contributed by atoms with Crippen LogP contribution in [-0.4, -0.2) is 73.5 Å². The summed E-state index contributed by atoms with van der Waals surface area (Å²) in [6, 6.07) is 8.37. The van der Waals surface area contributed by atoms with Crippen LogP contribution in [0.1, 0.15) is 63.0 Å². The number of halogens is 3. The molecule has 40 heavy (non-hydrogen) atoms. The number of piperidine rings is 3. The summed E-state index contributed by atoms with van der Waals surface area (Å²) in [6.07, 6.45) is 6.61. The zero-order chi connectivity index (χ0) is 28.3. The molecule has 3 saturated heterocycles. The molecule has 0 saturated carbocycles. The molecule has 0 N–H and O–H groups in total. The molecule has 3 aliphatic rings. The lowest BCUT2D eigenvalue weighted by Crippen LogP contribution is -2.50. The number of nitrogens with zero attached hydrogens (tertiary/aromatic N) is 3. The lowest BCUT2D eigenvalue weighted by molar-refractivity contribution is 0.0449. The van der Waals surface area contributed by atoms with Crippen molar-refractivity contribution in [2.75, 3.05) is 32.8 Å². The second-order valence-electron chi connectivity index (χ2n) is 11.0. The molecule has 2 aromatic rings. The maximum atomic E-state index is 14.2. The van der Waals surface area contributed by atoms with E-state index in [4.69, 9.17) is 16.3 Å². The number of carbonyl (C=O) groups is 1. The van der Waals surface area contributed by atoms with E-state index in [1.807, 2.05) is 0 Å². The predicted molar refractivity (Wildman–Crippen MR) is 149 cm³/mol. The van der Waals surface area contributed by atoms with E-state index in [9.17, 15) is 22.0 Å². The minimum atomic E-state index is -4.09. The number of carbonyl (C=O) groups excluding carboxylic acids is 1. The van der Waals surface area contributed by atoms with E-state index >= 15 is 0 Å². The normalized spacial score (nSPS) is 23.7. The minimum absolute atomic E-state index is 0.0301. The van der Waals surface area contributed by atoms with Crippen LogP contribution < -0.4 is 0 Å². The standard InChI is InChI=1S/C29H36ClF2N3O4S/c30-22-8-10-25(11-9-22)40(37,38)35-24(5-4-6-28(35)21-7-12-26(31)27(32)19-21)20-39-29(36)34-17-13-23(14-18-34)33-15-2-1-3-16-33/h7-12,19,23-24,28H,1-6,13-18,20H2/t24-,28+/m1/s1. The summed E-state index contributed by atoms with van der Waals surface area (Å²) in [5.74, 6) is -2.04. The molecule has 2 aromatic carbocycles. The Balaban J connectivity index is 1.31. The highest BCUT2D eigenvalue weighted by atomic mass is 35.5. The fourth-order valence-corrected chi connectivity index (χ4v) is 8.26. The molecule has 0 unspecified atom stereocenters. The molecular formula is C29H36ClF2N3O4S. The Hall–Kier alpha value is -2.27. The van der Waals surface area contributed by atoms with Crippen molar-refractivity contribution in [3.05, 3.63) is 64.7 Å². The summed E-state index contributed by atoms with van der Waals surface area (Å²) < 4.78 is 62.8. The molecule has 0 bridgehead atoms. The van der Waals surface area contributed by atoms with Crippen molar-refractivity contribution in [2.45, 2.75) is 74.4 Å². The number of ether oxygens (including phenoxy) is 1. The molecule has 0 radical (unpaired) electrons. The molecule has 1 amide bonds. The predicted octanol–water partition coefficient (Wildman–Crippen LogP) is 5.99. The van der Waals surface area contributed by atoms with Crippen LogP contribution in [0.5, 0.6) is 0 Å². The van der Waals surface area contributed by atoms with E-state index in [2.05, 4.69) is 4.90 Å². The van der Waals surface area contributed by atoms with Crippen LogP contribution in [0.2, 0.25) is 5.02 Å². The Morgan fingerprint density at radius 1 is 0.875 bits per heavy atom. The molecule has 2 atom stereocenters. The Morgan fingerprint density at radius 3 is 2.25 bits per heavy atom. The number of benzene rings is 2. The maximum absolute atomic E-state index is 14.2. The Labute approximate surface area is 240 Å². The quantitative estimate of drug-likeness (QED) is 0.410. The molecule has 3 heterocycles. The SMILES string of the molecule is O=C(OC[C@H]1CCC[C@@H](c2ccc(F)c(F)c2)N1S(=O)(=O)c1ccc(Cl)cc1)N1CCC(N2CCCCC2)CC1. The largest absolute Gasteiger partial charge is 0.448 e. The highest BCUT2D eigenvalue weighted by Gasteiger charge is 2.42. The van der Waals surface area contributed by atoms with Crippen LogP contribution in [0.15, 0.2) is 47.4 Å². The number of amides is 1. The molecule has 0 spiro atoms. The Morgan fingerprint density at radius 2 is 1.57 bits per heavy atom. The molecule has 0 aliphatic carbocycles. The maximum Gasteiger partial charge on any atom is 0.409 e. The molecule has 7 nitrogen and oxygen atoms in total. The first-order valence-corrected chi connectivity index (χ1v) is 16.0. The van der Waals surface area contributed by atoms with Gasteiger partial charge in [-0.3, -0.25) is 0 Å². The van der Waals surface area contributed by atoms with Crippen molar-refractivity contribution in [3.8, 4) is 0 Å². The summed E-state index contributed by atoms with van der Waals surface area (Å²) >= 11 is 5.99. The highest BCUT2D eigenvalue weighted by molar-refractivity contribution is 7.89. The van der Waals surface area contributed by atoms with Gasteiger partial charge in [0.1, 0.15) is 6.61 Å². The fraction of sp³-hybridized carbons (Fsp3) is 0.552. The second kappa shape index (κ2) is 12.7. The van der Waals surface area contributed by atoms with Gasteiger partial charge < -0.3 is 14.5 Å². The van der Waals surface area contributed by atoms with E-state index in [1.165, 1.54) is 53.9 Å². The number of hydrogen-bond donors (Lipinski definition) is 0. The monoisotopic (exact) mass is 595 g/mol. The van der Waals surface area contributed by atoms with Crippen molar-refractivity contribution >= 4 is 27.7 Å². The van der Waals surface area contributed by atoms with E-state index < -0.39 is 39.8 Å². The van der Waals surface area contributed by atoms with Crippen LogP contribution in [0.4, 0.5) is 13.6 Å². The number of rotatable bonds is 6. The highest BCUT2D eigenvalue weighted by Crippen LogP contribution is 2.39. The van der Waals surface area contributed by atoms with Gasteiger partial charge >= 0.3 is 6.09 Å². The van der Waals surface area contributed by atoms with Gasteiger partial charge in [-0.25, -0.2) is 22.0 Å². The van der Waals surface area contributed by atoms with Crippen molar-refractivity contribution in [1.82, 2.24) is 14.1 Å². The molecular weight excluding hydrogens is 560 g/mol. The second-order valence-corrected chi connectivity index (χ2v) is 13.2. The van der Waals surface area contributed by atoms with E-state index in [0.717, 1.165) is 38.1 Å². The molecule has 3 fully saturated rings. The van der Waals surface area contributed by atoms with Crippen molar-refractivity contribution in [2.24, 2.45) is 0 Å². The smallest absolute Gasteiger partial charge is 0.409 e. The first kappa shape index (κ1) is 29.2. The van der Waals surface area contributed by atoms with Crippen molar-refractivity contribution in [1.29, 1.82) is 0 Å². The van der Waals surface area contributed by atoms with Gasteiger partial charge in [0.15, 0.2) is 11.6 Å². The van der Waals surface area contributed by atoms with Gasteiger partial charge in [-0.15, -0.1) is 0 Å². The lowest BCUT2D eigenvalue weighted by Gasteiger charge is -2.42. The zero-order valence-electron chi connectivity index (χ0n) is 22.5. The third-order valence-electron chi connectivity index (χ3n) is 8.43. The topological polar surface area (TPSA) is 70.2 Å². The van der Waals surface area contributed by atoms with E-state index in [-0.39, 0.29) is 11.5 Å². The van der Waals surface area contributed by atoms with Crippen molar-refractivity contribution < 1.29 is 26.7 Å². The lowest BCUT2D eigenvalue weighted by atomic mass is 9.93. The molecule has 218 valence electrons. The van der Waals surface area contributed by atoms with Gasteiger partial charge in [0.05, 0.1) is 17.0 Å². The van der Waals surface area contributed by atoms with Gasteiger partial charge in [0.25, 0.3) is 0 Å². The number of sulfonamides is 1. The van der Waals surface area contributed by atoms with Crippen LogP contribution in [-0.2, 0) is 14.8 Å². The molecule has 3 aliphatic heterocycles. The zero-order valence-corrected chi connectivity index (χ0v) is 24.1. The summed E-state index contributed by atoms with van der Waals surface area (Å²) in [6.45, 7) is 3.32. The van der Waals surface area contributed by atoms with E-state index in [0.29, 0.717) is 49.0 Å². The van der Waals surface area contributed by atoms with Crippen LogP contribution in [0, 0.1) is 11.6 Å². The number of likely N-dealkylation sites (tertiary alicyclic amines) is 2. The summed E-state index contributed by atoms with van der Waals surface area (Å²) in [5.41, 5.74) is 0.354. The van der Waals surface area contributed by atoms with Gasteiger partial charge in [-0.1, -0.05) is 24.1 Å². The van der Waals surface area contributed by atoms with Gasteiger partial charge in [-0.2, -0.15) is 4.31 Å². The van der Waals surface area contributed by atoms with Gasteiger partial charge in [0.2, 0.25) is 10.0 Å². The molecule has 5 rings (SSSR count). The summed E-state index contributed by atoms with van der Waals surface area (Å²) in [5, 5.41) is 0.393.